The Hall–Kier alpha value is -0.160. The molecule has 50 valence electrons. The van der Waals surface area contributed by atoms with Gasteiger partial charge in [-0.3, -0.25) is 0 Å². The van der Waals surface area contributed by atoms with Gasteiger partial charge in [0.05, 0.1) is 6.42 Å². The highest BCUT2D eigenvalue weighted by Crippen LogP contribution is 2.56. The van der Waals surface area contributed by atoms with Gasteiger partial charge in [0.15, 0.2) is 0 Å². The molecular weight excluding hydrogens is 124 g/mol. The Morgan fingerprint density at radius 3 is 1.44 bits per heavy atom. The first-order valence-electron chi connectivity index (χ1n) is 3.06. The predicted octanol–water partition coefficient (Wildman–Crippen LogP) is 0.486. The van der Waals surface area contributed by atoms with E-state index in [4.69, 9.17) is 19.6 Å². The second-order valence-electron chi connectivity index (χ2n) is 2.83. The highest BCUT2D eigenvalue weighted by molar-refractivity contribution is 4.95. The van der Waals surface area contributed by atoms with Crippen LogP contribution in [0.2, 0.25) is 0 Å². The van der Waals surface area contributed by atoms with Crippen molar-refractivity contribution in [2.24, 2.45) is 0 Å². The highest BCUT2D eigenvalue weighted by Gasteiger charge is 2.68. The molecule has 0 aromatic rings. The van der Waals surface area contributed by atoms with Gasteiger partial charge in [-0.1, -0.05) is 0 Å². The normalized spacial score (nSPS) is 40.0. The third-order valence-corrected chi connectivity index (χ3v) is 2.06. The van der Waals surface area contributed by atoms with E-state index >= 15 is 0 Å². The number of hydrogen-bond donors (Lipinski definition) is 0. The van der Waals surface area contributed by atoms with Gasteiger partial charge in [-0.15, -0.1) is 0 Å². The monoisotopic (exact) mass is 130 g/mol. The molecule has 3 aliphatic rings. The maximum absolute atomic E-state index is 4.77. The fraction of sp³-hybridized carbons (Fsp3) is 1.00. The van der Waals surface area contributed by atoms with E-state index in [2.05, 4.69) is 0 Å². The van der Waals surface area contributed by atoms with E-state index in [9.17, 15) is 0 Å². The first-order chi connectivity index (χ1) is 4.33. The van der Waals surface area contributed by atoms with Crippen molar-refractivity contribution >= 4 is 0 Å². The van der Waals surface area contributed by atoms with Crippen molar-refractivity contribution in [1.29, 1.82) is 0 Å². The molecule has 2 heterocycles. The molecule has 0 aromatic heterocycles. The lowest BCUT2D eigenvalue weighted by Crippen LogP contribution is -2.08. The average molecular weight is 130 g/mol. The van der Waals surface area contributed by atoms with Crippen LogP contribution in [0.1, 0.15) is 19.3 Å². The molecular formula is C5H6O4. The van der Waals surface area contributed by atoms with Gasteiger partial charge < -0.3 is 0 Å². The minimum atomic E-state index is -0.309. The lowest BCUT2D eigenvalue weighted by Gasteiger charge is -1.88. The van der Waals surface area contributed by atoms with Crippen LogP contribution < -0.4 is 0 Å². The van der Waals surface area contributed by atoms with Gasteiger partial charge in [0.25, 0.3) is 0 Å². The van der Waals surface area contributed by atoms with E-state index < -0.39 is 0 Å². The summed E-state index contributed by atoms with van der Waals surface area (Å²) in [5.41, 5.74) is 0. The van der Waals surface area contributed by atoms with Crippen molar-refractivity contribution in [2.75, 3.05) is 0 Å². The van der Waals surface area contributed by atoms with Crippen molar-refractivity contribution in [3.63, 3.8) is 0 Å². The topological polar surface area (TPSA) is 50.1 Å². The second-order valence-corrected chi connectivity index (χ2v) is 2.83. The standard InChI is InChI=1S/C5H6O4/c1-2-5(8-9-5)3-4(1)6-7-4/h1-3H2. The maximum atomic E-state index is 4.77. The molecule has 2 aliphatic heterocycles. The summed E-state index contributed by atoms with van der Waals surface area (Å²) in [5.74, 6) is -0.618. The Morgan fingerprint density at radius 2 is 1.22 bits per heavy atom. The molecule has 9 heavy (non-hydrogen) atoms. The van der Waals surface area contributed by atoms with Crippen LogP contribution in [0.25, 0.3) is 0 Å². The molecule has 0 atom stereocenters. The van der Waals surface area contributed by atoms with Crippen LogP contribution in [0.3, 0.4) is 0 Å². The van der Waals surface area contributed by atoms with Crippen LogP contribution in [-0.4, -0.2) is 11.6 Å². The minimum absolute atomic E-state index is 0.309. The van der Waals surface area contributed by atoms with E-state index in [1.165, 1.54) is 0 Å². The van der Waals surface area contributed by atoms with Crippen molar-refractivity contribution in [3.8, 4) is 0 Å². The summed E-state index contributed by atoms with van der Waals surface area (Å²) in [6.07, 6.45) is 2.53. The van der Waals surface area contributed by atoms with Gasteiger partial charge in [-0.05, 0) is 0 Å². The molecule has 3 fully saturated rings. The summed E-state index contributed by atoms with van der Waals surface area (Å²) in [6.45, 7) is 0. The predicted molar refractivity (Wildman–Crippen MR) is 23.7 cm³/mol. The molecule has 0 aromatic carbocycles. The molecule has 0 unspecified atom stereocenters. The summed E-state index contributed by atoms with van der Waals surface area (Å²) in [6, 6.07) is 0. The van der Waals surface area contributed by atoms with Gasteiger partial charge in [0.1, 0.15) is 0 Å². The Bertz CT molecular complexity index is 140. The van der Waals surface area contributed by atoms with Gasteiger partial charge in [-0.2, -0.15) is 19.6 Å². The van der Waals surface area contributed by atoms with Crippen molar-refractivity contribution in [1.82, 2.24) is 0 Å². The molecule has 0 bridgehead atoms. The quantitative estimate of drug-likeness (QED) is 0.353. The molecule has 0 N–H and O–H groups in total. The molecule has 3 rings (SSSR count). The molecule has 2 spiro atoms. The second kappa shape index (κ2) is 1.03. The van der Waals surface area contributed by atoms with Gasteiger partial charge in [-0.25, -0.2) is 0 Å². The maximum Gasteiger partial charge on any atom is 0.239 e. The van der Waals surface area contributed by atoms with Gasteiger partial charge >= 0.3 is 0 Å². The lowest BCUT2D eigenvalue weighted by molar-refractivity contribution is 0.0850. The van der Waals surface area contributed by atoms with Crippen LogP contribution in [0.15, 0.2) is 0 Å². The third kappa shape index (κ3) is 0.513. The first kappa shape index (κ1) is 4.62. The van der Waals surface area contributed by atoms with E-state index in [0.29, 0.717) is 0 Å². The molecule has 4 heteroatoms. The number of hydrogen-bond acceptors (Lipinski definition) is 4. The Kier molecular flexibility index (Phi) is 0.531. The minimum Gasteiger partial charge on any atom is -0.195 e. The zero-order chi connectivity index (χ0) is 5.95. The SMILES string of the molecule is C1CC2(CC13OO3)OO2. The zero-order valence-electron chi connectivity index (χ0n) is 4.75. The average Bonchev–Trinajstić information content (AvgIpc) is 2.62. The zero-order valence-corrected chi connectivity index (χ0v) is 4.75. The molecule has 0 amide bonds. The van der Waals surface area contributed by atoms with Gasteiger partial charge in [0.2, 0.25) is 11.6 Å². The molecule has 1 saturated carbocycles. The largest absolute Gasteiger partial charge is 0.239 e. The van der Waals surface area contributed by atoms with E-state index in [1.807, 2.05) is 0 Å². The molecule has 0 radical (unpaired) electrons. The Balaban J connectivity index is 1.86. The third-order valence-electron chi connectivity index (χ3n) is 2.06. The van der Waals surface area contributed by atoms with Crippen LogP contribution in [0.5, 0.6) is 0 Å². The summed E-state index contributed by atoms with van der Waals surface area (Å²) < 4.78 is 0. The van der Waals surface area contributed by atoms with Gasteiger partial charge in [0, 0.05) is 12.8 Å². The lowest BCUT2D eigenvalue weighted by atomic mass is 10.2. The van der Waals surface area contributed by atoms with Crippen molar-refractivity contribution < 1.29 is 19.6 Å². The fourth-order valence-electron chi connectivity index (χ4n) is 1.37. The van der Waals surface area contributed by atoms with Crippen molar-refractivity contribution in [2.45, 2.75) is 30.8 Å². The molecule has 2 saturated heterocycles. The van der Waals surface area contributed by atoms with Crippen LogP contribution >= 0.6 is 0 Å². The van der Waals surface area contributed by atoms with Crippen LogP contribution in [0.4, 0.5) is 0 Å². The summed E-state index contributed by atoms with van der Waals surface area (Å²) >= 11 is 0. The Morgan fingerprint density at radius 1 is 0.778 bits per heavy atom. The number of rotatable bonds is 0. The fourth-order valence-corrected chi connectivity index (χ4v) is 1.37. The molecule has 4 nitrogen and oxygen atoms in total. The van der Waals surface area contributed by atoms with E-state index in [0.717, 1.165) is 19.3 Å². The highest BCUT2D eigenvalue weighted by atomic mass is 17.4. The molecule has 1 aliphatic carbocycles. The summed E-state index contributed by atoms with van der Waals surface area (Å²) in [5, 5.41) is 0. The summed E-state index contributed by atoms with van der Waals surface area (Å²) in [4.78, 5) is 19.1. The van der Waals surface area contributed by atoms with E-state index in [1.54, 1.807) is 0 Å². The first-order valence-corrected chi connectivity index (χ1v) is 3.06. The summed E-state index contributed by atoms with van der Waals surface area (Å²) in [7, 11) is 0. The van der Waals surface area contributed by atoms with Crippen LogP contribution in [-0.2, 0) is 19.6 Å². The van der Waals surface area contributed by atoms with Crippen molar-refractivity contribution in [3.05, 3.63) is 0 Å². The smallest absolute Gasteiger partial charge is 0.195 e. The Labute approximate surface area is 51.5 Å². The van der Waals surface area contributed by atoms with E-state index in [-0.39, 0.29) is 11.6 Å². The van der Waals surface area contributed by atoms with Crippen LogP contribution in [0, 0.1) is 0 Å².